The summed E-state index contributed by atoms with van der Waals surface area (Å²) in [6.07, 6.45) is 2.68. The Labute approximate surface area is 160 Å². The van der Waals surface area contributed by atoms with Crippen LogP contribution in [0.1, 0.15) is 30.9 Å². The normalized spacial score (nSPS) is 15.9. The van der Waals surface area contributed by atoms with Gasteiger partial charge >= 0.3 is 0 Å². The summed E-state index contributed by atoms with van der Waals surface area (Å²) in [5, 5.41) is 15.5. The van der Waals surface area contributed by atoms with Gasteiger partial charge in [0.15, 0.2) is 0 Å². The molecule has 0 spiro atoms. The van der Waals surface area contributed by atoms with Crippen molar-refractivity contribution in [3.05, 3.63) is 46.7 Å². The molecule has 0 saturated heterocycles. The molecule has 0 bridgehead atoms. The van der Waals surface area contributed by atoms with E-state index in [9.17, 15) is 5.26 Å². The predicted molar refractivity (Wildman–Crippen MR) is 103 cm³/mol. The maximum atomic E-state index is 9.62. The molecule has 0 unspecified atom stereocenters. The maximum Gasteiger partial charge on any atom is 0.268 e. The molecule has 6 nitrogen and oxygen atoms in total. The van der Waals surface area contributed by atoms with Gasteiger partial charge in [0.05, 0.1) is 11.5 Å². The van der Waals surface area contributed by atoms with E-state index in [2.05, 4.69) is 16.2 Å². The van der Waals surface area contributed by atoms with Crippen LogP contribution in [0, 0.1) is 11.3 Å². The Hall–Kier alpha value is -3.11. The van der Waals surface area contributed by atoms with Crippen LogP contribution in [0.25, 0.3) is 22.4 Å². The van der Waals surface area contributed by atoms with Crippen molar-refractivity contribution >= 4 is 23.0 Å². The molecule has 0 amide bonds. The van der Waals surface area contributed by atoms with Gasteiger partial charge in [-0.05, 0) is 43.5 Å². The number of nitriles is 1. The Kier molecular flexibility index (Phi) is 4.65. The van der Waals surface area contributed by atoms with Gasteiger partial charge in [-0.1, -0.05) is 11.2 Å². The van der Waals surface area contributed by atoms with Crippen molar-refractivity contribution in [2.45, 2.75) is 26.4 Å². The number of rotatable bonds is 5. The van der Waals surface area contributed by atoms with Crippen molar-refractivity contribution in [3.63, 3.8) is 0 Å². The van der Waals surface area contributed by atoms with Crippen molar-refractivity contribution in [2.75, 3.05) is 6.61 Å². The minimum atomic E-state index is 0.133. The second kappa shape index (κ2) is 7.25. The number of aromatic nitrogens is 2. The average Bonchev–Trinajstić information content (AvgIpc) is 3.39. The van der Waals surface area contributed by atoms with Crippen molar-refractivity contribution in [2.24, 2.45) is 0 Å². The van der Waals surface area contributed by atoms with E-state index in [-0.39, 0.29) is 17.6 Å². The van der Waals surface area contributed by atoms with Gasteiger partial charge in [0.2, 0.25) is 5.82 Å². The van der Waals surface area contributed by atoms with Crippen LogP contribution in [-0.2, 0) is 6.42 Å². The fraction of sp³-hybridized carbons (Fsp3) is 0.250. The van der Waals surface area contributed by atoms with Crippen LogP contribution in [0.5, 0.6) is 11.5 Å². The van der Waals surface area contributed by atoms with Gasteiger partial charge in [-0.15, -0.1) is 11.3 Å². The Morgan fingerprint density at radius 2 is 2.37 bits per heavy atom. The molecule has 4 rings (SSSR count). The lowest BCUT2D eigenvalue weighted by Crippen LogP contribution is -2.05. The van der Waals surface area contributed by atoms with Gasteiger partial charge in [0, 0.05) is 17.5 Å². The molecular formula is C20H17N3O3S. The zero-order valence-corrected chi connectivity index (χ0v) is 15.7. The number of benzene rings is 1. The highest BCUT2D eigenvalue weighted by atomic mass is 32.1. The van der Waals surface area contributed by atoms with E-state index in [4.69, 9.17) is 14.0 Å². The third-order valence-corrected chi connectivity index (χ3v) is 5.01. The number of hydrogen-bond acceptors (Lipinski definition) is 7. The molecule has 1 aliphatic rings. The largest absolute Gasteiger partial charge is 0.493 e. The molecule has 0 fully saturated rings. The van der Waals surface area contributed by atoms with E-state index < -0.39 is 0 Å². The smallest absolute Gasteiger partial charge is 0.268 e. The van der Waals surface area contributed by atoms with Gasteiger partial charge < -0.3 is 14.0 Å². The number of fused-ring (bicyclic) bond motifs is 1. The summed E-state index contributed by atoms with van der Waals surface area (Å²) in [6, 6.07) is 9.84. The Bertz CT molecular complexity index is 1030. The van der Waals surface area contributed by atoms with E-state index in [1.54, 1.807) is 6.08 Å². The molecule has 1 aromatic carbocycles. The number of ether oxygens (including phenoxy) is 2. The molecule has 3 heterocycles. The number of hydrogen-bond donors (Lipinski definition) is 0. The summed E-state index contributed by atoms with van der Waals surface area (Å²) in [4.78, 5) is 5.24. The third kappa shape index (κ3) is 3.44. The first-order valence-electron chi connectivity index (χ1n) is 8.64. The molecule has 0 radical (unpaired) electrons. The predicted octanol–water partition coefficient (Wildman–Crippen LogP) is 4.58. The van der Waals surface area contributed by atoms with Crippen molar-refractivity contribution < 1.29 is 14.0 Å². The third-order valence-electron chi connectivity index (χ3n) is 4.15. The van der Waals surface area contributed by atoms with E-state index in [0.29, 0.717) is 18.2 Å². The van der Waals surface area contributed by atoms with Crippen molar-refractivity contribution in [1.29, 1.82) is 5.26 Å². The topological polar surface area (TPSA) is 81.2 Å². The lowest BCUT2D eigenvalue weighted by Gasteiger charge is -2.10. The average molecular weight is 379 g/mol. The first-order valence-corrected chi connectivity index (χ1v) is 9.52. The summed E-state index contributed by atoms with van der Waals surface area (Å²) in [6.45, 7) is 4.48. The molecule has 1 aliphatic heterocycles. The minimum Gasteiger partial charge on any atom is -0.493 e. The second-order valence-electron chi connectivity index (χ2n) is 6.13. The van der Waals surface area contributed by atoms with E-state index in [0.717, 1.165) is 28.2 Å². The van der Waals surface area contributed by atoms with Crippen LogP contribution in [0.2, 0.25) is 0 Å². The van der Waals surface area contributed by atoms with Crippen LogP contribution in [0.15, 0.2) is 34.2 Å². The zero-order chi connectivity index (χ0) is 18.8. The van der Waals surface area contributed by atoms with Gasteiger partial charge in [-0.2, -0.15) is 10.2 Å². The van der Waals surface area contributed by atoms with Crippen LogP contribution in [0.3, 0.4) is 0 Å². The van der Waals surface area contributed by atoms with Gasteiger partial charge in [0.1, 0.15) is 29.2 Å². The molecule has 1 atom stereocenters. The molecule has 136 valence electrons. The van der Waals surface area contributed by atoms with Gasteiger partial charge in [0.25, 0.3) is 5.89 Å². The fourth-order valence-corrected chi connectivity index (χ4v) is 3.63. The lowest BCUT2D eigenvalue weighted by atomic mass is 10.0. The second-order valence-corrected chi connectivity index (χ2v) is 7.08. The molecule has 2 aromatic heterocycles. The number of nitrogens with zero attached hydrogens (tertiary/aromatic N) is 3. The van der Waals surface area contributed by atoms with Crippen LogP contribution >= 0.6 is 11.3 Å². The summed E-state index contributed by atoms with van der Waals surface area (Å²) in [5.41, 5.74) is 2.13. The monoisotopic (exact) mass is 379 g/mol. The van der Waals surface area contributed by atoms with Crippen LogP contribution in [0.4, 0.5) is 0 Å². The quantitative estimate of drug-likeness (QED) is 0.603. The first kappa shape index (κ1) is 17.3. The van der Waals surface area contributed by atoms with Gasteiger partial charge in [-0.3, -0.25) is 0 Å². The summed E-state index contributed by atoms with van der Waals surface area (Å²) < 4.78 is 16.9. The van der Waals surface area contributed by atoms with Crippen LogP contribution in [-0.4, -0.2) is 22.9 Å². The van der Waals surface area contributed by atoms with E-state index in [1.807, 2.05) is 43.5 Å². The highest BCUT2D eigenvalue weighted by molar-refractivity contribution is 7.13. The molecule has 7 heteroatoms. The Balaban J connectivity index is 1.73. The van der Waals surface area contributed by atoms with Crippen molar-refractivity contribution in [1.82, 2.24) is 10.1 Å². The molecule has 0 N–H and O–H groups in total. The molecule has 0 aliphatic carbocycles. The summed E-state index contributed by atoms with van der Waals surface area (Å²) >= 11 is 1.51. The number of thiophene rings is 1. The SMILES string of the molecule is CCOc1cc2c(cc1/C=C(\C#N)c1nc(-c3cccs3)no1)O[C@@H](C)C2. The van der Waals surface area contributed by atoms with E-state index >= 15 is 0 Å². The highest BCUT2D eigenvalue weighted by Gasteiger charge is 2.22. The van der Waals surface area contributed by atoms with Gasteiger partial charge in [-0.25, -0.2) is 0 Å². The fourth-order valence-electron chi connectivity index (χ4n) is 2.98. The first-order chi connectivity index (χ1) is 13.2. The molecule has 0 saturated carbocycles. The minimum absolute atomic E-state index is 0.133. The Morgan fingerprint density at radius 3 is 3.11 bits per heavy atom. The van der Waals surface area contributed by atoms with Crippen molar-refractivity contribution in [3.8, 4) is 28.3 Å². The van der Waals surface area contributed by atoms with E-state index in [1.165, 1.54) is 11.3 Å². The highest BCUT2D eigenvalue weighted by Crippen LogP contribution is 2.37. The van der Waals surface area contributed by atoms with Crippen LogP contribution < -0.4 is 9.47 Å². The summed E-state index contributed by atoms with van der Waals surface area (Å²) in [5.74, 6) is 2.18. The standard InChI is InChI=1S/C20H17N3O3S/c1-3-24-16-9-13-7-12(2)25-17(13)10-14(16)8-15(11-21)20-22-19(23-26-20)18-5-4-6-27-18/h4-6,8-10,12H,3,7H2,1-2H3/b15-8+/t12-/m0/s1. The number of allylic oxidation sites excluding steroid dienone is 1. The maximum absolute atomic E-state index is 9.62. The molecule has 3 aromatic rings. The lowest BCUT2D eigenvalue weighted by molar-refractivity contribution is 0.254. The zero-order valence-electron chi connectivity index (χ0n) is 14.9. The Morgan fingerprint density at radius 1 is 1.48 bits per heavy atom. The molecular weight excluding hydrogens is 362 g/mol. The summed E-state index contributed by atoms with van der Waals surface area (Å²) in [7, 11) is 0. The molecule has 27 heavy (non-hydrogen) atoms.